The lowest BCUT2D eigenvalue weighted by Gasteiger charge is -2.30. The number of fused-ring (bicyclic) bond motifs is 4. The SMILES string of the molecule is O=c1/c(=C\c2cc3c(c([N+](=O)[O-])c2)OCO3)sc2n1C(c1cccs1)C1=C(N=2)c2ccccc2CC1. The van der Waals surface area contributed by atoms with Gasteiger partial charge in [0, 0.05) is 16.5 Å². The van der Waals surface area contributed by atoms with Crippen molar-refractivity contribution in [2.75, 3.05) is 6.79 Å². The second-order valence-electron chi connectivity index (χ2n) is 8.66. The molecule has 4 aromatic rings. The van der Waals surface area contributed by atoms with Crippen LogP contribution in [0.4, 0.5) is 5.69 Å². The highest BCUT2D eigenvalue weighted by Gasteiger charge is 2.33. The average molecular weight is 516 g/mol. The van der Waals surface area contributed by atoms with Crippen molar-refractivity contribution in [3.63, 3.8) is 0 Å². The quantitative estimate of drug-likeness (QED) is 0.303. The van der Waals surface area contributed by atoms with Crippen molar-refractivity contribution >= 4 is 40.1 Å². The monoisotopic (exact) mass is 515 g/mol. The maximum absolute atomic E-state index is 13.8. The highest BCUT2D eigenvalue weighted by Crippen LogP contribution is 2.43. The average Bonchev–Trinajstić information content (AvgIpc) is 3.64. The largest absolute Gasteiger partial charge is 0.453 e. The molecule has 2 aromatic heterocycles. The molecule has 178 valence electrons. The molecule has 3 aliphatic rings. The van der Waals surface area contributed by atoms with E-state index in [-0.39, 0.29) is 29.8 Å². The van der Waals surface area contributed by atoms with Crippen molar-refractivity contribution in [2.24, 2.45) is 4.99 Å². The third-order valence-corrected chi connectivity index (χ3v) is 8.56. The summed E-state index contributed by atoms with van der Waals surface area (Å²) >= 11 is 2.92. The van der Waals surface area contributed by atoms with Crippen molar-refractivity contribution in [1.29, 1.82) is 0 Å². The van der Waals surface area contributed by atoms with Crippen LogP contribution in [0.25, 0.3) is 11.8 Å². The van der Waals surface area contributed by atoms with Gasteiger partial charge in [0.15, 0.2) is 10.6 Å². The molecule has 1 unspecified atom stereocenters. The first kappa shape index (κ1) is 21.3. The van der Waals surface area contributed by atoms with Gasteiger partial charge in [-0.15, -0.1) is 11.3 Å². The van der Waals surface area contributed by atoms with Crippen LogP contribution in [0.2, 0.25) is 0 Å². The fourth-order valence-corrected chi connectivity index (χ4v) is 6.95. The summed E-state index contributed by atoms with van der Waals surface area (Å²) in [5.74, 6) is 0.411. The minimum atomic E-state index is -0.505. The standard InChI is InChI=1S/C26H17N3O5S2/c30-25-21(12-14-10-18(29(31)32)24-19(11-14)33-13-34-24)36-26-27-22-16-5-2-1-4-15(16)7-8-17(22)23(28(25)26)20-6-3-9-35-20/h1-6,9-12,23H,7-8,13H2/b21-12+. The zero-order valence-corrected chi connectivity index (χ0v) is 20.3. The molecule has 0 radical (unpaired) electrons. The molecule has 7 rings (SSSR count). The molecule has 0 N–H and O–H groups in total. The molecule has 0 fully saturated rings. The summed E-state index contributed by atoms with van der Waals surface area (Å²) in [7, 11) is 0. The second kappa shape index (κ2) is 8.00. The molecule has 0 saturated carbocycles. The summed E-state index contributed by atoms with van der Waals surface area (Å²) in [6.07, 6.45) is 3.40. The topological polar surface area (TPSA) is 96.0 Å². The molecule has 0 spiro atoms. The third-order valence-electron chi connectivity index (χ3n) is 6.66. The Labute approximate surface area is 211 Å². The summed E-state index contributed by atoms with van der Waals surface area (Å²) in [6.45, 7) is -0.0738. The molecular weight excluding hydrogens is 498 g/mol. The molecule has 1 atom stereocenters. The first-order valence-corrected chi connectivity index (χ1v) is 13.0. The Balaban J connectivity index is 1.46. The minimum absolute atomic E-state index is 0.0738. The lowest BCUT2D eigenvalue weighted by Crippen LogP contribution is -2.38. The summed E-state index contributed by atoms with van der Waals surface area (Å²) in [5, 5.41) is 13.6. The van der Waals surface area contributed by atoms with Crippen molar-refractivity contribution < 1.29 is 14.4 Å². The van der Waals surface area contributed by atoms with Crippen LogP contribution in [0.15, 0.2) is 69.3 Å². The van der Waals surface area contributed by atoms with E-state index < -0.39 is 4.92 Å². The fourth-order valence-electron chi connectivity index (χ4n) is 5.10. The van der Waals surface area contributed by atoms with Gasteiger partial charge in [-0.05, 0) is 53.1 Å². The summed E-state index contributed by atoms with van der Waals surface area (Å²) in [6, 6.07) is 15.2. The van der Waals surface area contributed by atoms with E-state index in [2.05, 4.69) is 18.2 Å². The Kier molecular flexibility index (Phi) is 4.73. The van der Waals surface area contributed by atoms with Gasteiger partial charge in [-0.25, -0.2) is 4.99 Å². The Hall–Kier alpha value is -4.02. The lowest BCUT2D eigenvalue weighted by molar-refractivity contribution is -0.385. The van der Waals surface area contributed by atoms with E-state index in [1.807, 2.05) is 23.6 Å². The van der Waals surface area contributed by atoms with E-state index in [9.17, 15) is 14.9 Å². The molecule has 0 amide bonds. The van der Waals surface area contributed by atoms with Gasteiger partial charge in [0.25, 0.3) is 5.56 Å². The molecule has 36 heavy (non-hydrogen) atoms. The number of nitrogens with zero attached hydrogens (tertiary/aromatic N) is 3. The molecule has 2 aromatic carbocycles. The van der Waals surface area contributed by atoms with E-state index in [1.54, 1.807) is 28.0 Å². The third kappa shape index (κ3) is 3.18. The predicted octanol–water partition coefficient (Wildman–Crippen LogP) is 4.02. The normalized spacial score (nSPS) is 17.9. The Morgan fingerprint density at radius 3 is 2.86 bits per heavy atom. The number of thiophene rings is 1. The van der Waals surface area contributed by atoms with Gasteiger partial charge in [0.1, 0.15) is 0 Å². The number of aryl methyl sites for hydroxylation is 1. The van der Waals surface area contributed by atoms with Gasteiger partial charge in [-0.1, -0.05) is 41.7 Å². The number of hydrogen-bond acceptors (Lipinski definition) is 8. The molecular formula is C26H17N3O5S2. The van der Waals surface area contributed by atoms with Crippen LogP contribution in [0.5, 0.6) is 11.5 Å². The summed E-state index contributed by atoms with van der Waals surface area (Å²) in [5.41, 5.74) is 4.62. The van der Waals surface area contributed by atoms with E-state index in [1.165, 1.54) is 23.0 Å². The maximum Gasteiger partial charge on any atom is 0.315 e. The van der Waals surface area contributed by atoms with Crippen LogP contribution in [0.1, 0.15) is 34.0 Å². The van der Waals surface area contributed by atoms with Crippen molar-refractivity contribution in [1.82, 2.24) is 4.57 Å². The number of ether oxygens (including phenoxy) is 2. The number of benzene rings is 2. The first-order valence-electron chi connectivity index (χ1n) is 11.3. The number of allylic oxidation sites excluding steroid dienone is 1. The predicted molar refractivity (Wildman–Crippen MR) is 136 cm³/mol. The smallest absolute Gasteiger partial charge is 0.315 e. The van der Waals surface area contributed by atoms with Crippen LogP contribution >= 0.6 is 22.7 Å². The fraction of sp³-hybridized carbons (Fsp3) is 0.154. The lowest BCUT2D eigenvalue weighted by atomic mass is 9.85. The van der Waals surface area contributed by atoms with Crippen LogP contribution in [0, 0.1) is 10.1 Å². The van der Waals surface area contributed by atoms with Gasteiger partial charge in [-0.3, -0.25) is 19.5 Å². The Morgan fingerprint density at radius 1 is 1.14 bits per heavy atom. The van der Waals surface area contributed by atoms with E-state index in [0.717, 1.165) is 34.6 Å². The number of thiazole rings is 1. The van der Waals surface area contributed by atoms with Crippen molar-refractivity contribution in [2.45, 2.75) is 18.9 Å². The minimum Gasteiger partial charge on any atom is -0.453 e. The molecule has 4 heterocycles. The Bertz CT molecular complexity index is 1780. The first-order chi connectivity index (χ1) is 17.6. The highest BCUT2D eigenvalue weighted by atomic mass is 32.1. The zero-order chi connectivity index (χ0) is 24.4. The van der Waals surface area contributed by atoms with Crippen LogP contribution in [-0.4, -0.2) is 16.3 Å². The number of nitro groups is 1. The molecule has 1 aliphatic carbocycles. The van der Waals surface area contributed by atoms with Crippen molar-refractivity contribution in [3.8, 4) is 11.5 Å². The molecule has 2 aliphatic heterocycles. The second-order valence-corrected chi connectivity index (χ2v) is 10.6. The highest BCUT2D eigenvalue weighted by molar-refractivity contribution is 7.10. The Morgan fingerprint density at radius 2 is 2.03 bits per heavy atom. The molecule has 10 heteroatoms. The van der Waals surface area contributed by atoms with Crippen LogP contribution in [-0.2, 0) is 6.42 Å². The van der Waals surface area contributed by atoms with Gasteiger partial charge in [0.05, 0.1) is 21.2 Å². The van der Waals surface area contributed by atoms with E-state index in [0.29, 0.717) is 20.6 Å². The van der Waals surface area contributed by atoms with Gasteiger partial charge < -0.3 is 9.47 Å². The molecule has 0 bridgehead atoms. The number of rotatable bonds is 3. The molecule has 8 nitrogen and oxygen atoms in total. The van der Waals surface area contributed by atoms with E-state index >= 15 is 0 Å². The molecule has 0 saturated heterocycles. The number of nitro benzene ring substituents is 1. The van der Waals surface area contributed by atoms with Gasteiger partial charge >= 0.3 is 5.69 Å². The van der Waals surface area contributed by atoms with Crippen LogP contribution < -0.4 is 24.4 Å². The van der Waals surface area contributed by atoms with Crippen molar-refractivity contribution in [3.05, 3.63) is 111 Å². The van der Waals surface area contributed by atoms with Crippen LogP contribution in [0.3, 0.4) is 0 Å². The number of hydrogen-bond donors (Lipinski definition) is 0. The maximum atomic E-state index is 13.8. The van der Waals surface area contributed by atoms with Gasteiger partial charge in [0.2, 0.25) is 12.5 Å². The number of aromatic nitrogens is 1. The van der Waals surface area contributed by atoms with Gasteiger partial charge in [-0.2, -0.15) is 0 Å². The van der Waals surface area contributed by atoms with E-state index in [4.69, 9.17) is 14.5 Å². The summed E-state index contributed by atoms with van der Waals surface area (Å²) in [4.78, 5) is 31.5. The zero-order valence-electron chi connectivity index (χ0n) is 18.7. The summed E-state index contributed by atoms with van der Waals surface area (Å²) < 4.78 is 12.9.